The Hall–Kier alpha value is -0.580. The summed E-state index contributed by atoms with van der Waals surface area (Å²) in [6, 6.07) is 0. The Kier molecular flexibility index (Phi) is 4.98. The van der Waals surface area contributed by atoms with Gasteiger partial charge in [0.25, 0.3) is 0 Å². The van der Waals surface area contributed by atoms with Crippen molar-refractivity contribution >= 4 is 11.6 Å². The zero-order chi connectivity index (χ0) is 13.1. The van der Waals surface area contributed by atoms with Crippen LogP contribution in [-0.2, 0) is 24.6 Å². The van der Waals surface area contributed by atoms with E-state index in [4.69, 9.17) is 16.3 Å². The molecule has 0 radical (unpaired) electrons. The monoisotopic (exact) mass is 260 g/mol. The molecule has 1 unspecified atom stereocenters. The molecule has 0 saturated heterocycles. The van der Waals surface area contributed by atoms with Crippen LogP contribution in [-0.4, -0.2) is 33.7 Å². The predicted molar refractivity (Wildman–Crippen MR) is 68.4 cm³/mol. The molecule has 0 aliphatic carbocycles. The third-order valence-electron chi connectivity index (χ3n) is 2.67. The SMILES string of the molecule is CCOCC(C)(O)Cc1c(Cl)c(CC)nn1C. The van der Waals surface area contributed by atoms with Crippen molar-refractivity contribution in [2.24, 2.45) is 7.05 Å². The Morgan fingerprint density at radius 1 is 1.47 bits per heavy atom. The average molecular weight is 261 g/mol. The molecule has 1 N–H and O–H groups in total. The number of aliphatic hydroxyl groups is 1. The van der Waals surface area contributed by atoms with E-state index in [0.717, 1.165) is 17.8 Å². The van der Waals surface area contributed by atoms with E-state index in [1.54, 1.807) is 11.6 Å². The average Bonchev–Trinajstić information content (AvgIpc) is 2.53. The highest BCUT2D eigenvalue weighted by atomic mass is 35.5. The van der Waals surface area contributed by atoms with Gasteiger partial charge in [-0.3, -0.25) is 4.68 Å². The largest absolute Gasteiger partial charge is 0.387 e. The Labute approximate surface area is 108 Å². The van der Waals surface area contributed by atoms with Crippen LogP contribution >= 0.6 is 11.6 Å². The van der Waals surface area contributed by atoms with Crippen LogP contribution in [0.15, 0.2) is 0 Å². The molecule has 0 fully saturated rings. The Morgan fingerprint density at radius 3 is 2.59 bits per heavy atom. The topological polar surface area (TPSA) is 47.3 Å². The maximum atomic E-state index is 10.2. The lowest BCUT2D eigenvalue weighted by atomic mass is 10.0. The highest BCUT2D eigenvalue weighted by Gasteiger charge is 2.25. The molecule has 1 aromatic rings. The van der Waals surface area contributed by atoms with E-state index >= 15 is 0 Å². The third-order valence-corrected chi connectivity index (χ3v) is 3.10. The second-order valence-electron chi connectivity index (χ2n) is 4.50. The van der Waals surface area contributed by atoms with Gasteiger partial charge in [-0.1, -0.05) is 18.5 Å². The standard InChI is InChI=1S/C12H21ClN2O2/c1-5-9-11(13)10(15(4)14-9)7-12(3,16)8-17-6-2/h16H,5-8H2,1-4H3. The van der Waals surface area contributed by atoms with Crippen molar-refractivity contribution in [3.63, 3.8) is 0 Å². The number of aryl methyl sites for hydroxylation is 2. The molecule has 5 heteroatoms. The van der Waals surface area contributed by atoms with Gasteiger partial charge in [0.2, 0.25) is 0 Å². The number of ether oxygens (including phenoxy) is 1. The molecular formula is C12H21ClN2O2. The second kappa shape index (κ2) is 5.85. The maximum Gasteiger partial charge on any atom is 0.0907 e. The molecule has 4 nitrogen and oxygen atoms in total. The van der Waals surface area contributed by atoms with Crippen LogP contribution in [0.3, 0.4) is 0 Å². The molecule has 0 spiro atoms. The zero-order valence-electron chi connectivity index (χ0n) is 11.0. The molecule has 1 heterocycles. The highest BCUT2D eigenvalue weighted by Crippen LogP contribution is 2.24. The van der Waals surface area contributed by atoms with Crippen molar-refractivity contribution in [1.29, 1.82) is 0 Å². The van der Waals surface area contributed by atoms with Crippen LogP contribution < -0.4 is 0 Å². The molecule has 0 aliphatic heterocycles. The highest BCUT2D eigenvalue weighted by molar-refractivity contribution is 6.31. The zero-order valence-corrected chi connectivity index (χ0v) is 11.7. The Balaban J connectivity index is 2.83. The van der Waals surface area contributed by atoms with Gasteiger partial charge >= 0.3 is 0 Å². The molecular weight excluding hydrogens is 240 g/mol. The lowest BCUT2D eigenvalue weighted by Crippen LogP contribution is -2.34. The van der Waals surface area contributed by atoms with Gasteiger partial charge < -0.3 is 9.84 Å². The normalized spacial score (nSPS) is 14.9. The van der Waals surface area contributed by atoms with Crippen molar-refractivity contribution in [2.75, 3.05) is 13.2 Å². The van der Waals surface area contributed by atoms with E-state index in [1.807, 2.05) is 20.9 Å². The summed E-state index contributed by atoms with van der Waals surface area (Å²) in [5, 5.41) is 15.2. The number of hydrogen-bond donors (Lipinski definition) is 1. The van der Waals surface area contributed by atoms with Crippen LogP contribution in [0.1, 0.15) is 32.2 Å². The van der Waals surface area contributed by atoms with Gasteiger partial charge in [0, 0.05) is 20.1 Å². The van der Waals surface area contributed by atoms with E-state index < -0.39 is 5.60 Å². The van der Waals surface area contributed by atoms with Crippen LogP contribution in [0.25, 0.3) is 0 Å². The van der Waals surface area contributed by atoms with Gasteiger partial charge in [-0.25, -0.2) is 0 Å². The minimum Gasteiger partial charge on any atom is -0.387 e. The van der Waals surface area contributed by atoms with Crippen molar-refractivity contribution in [2.45, 2.75) is 39.2 Å². The molecule has 0 aromatic carbocycles. The van der Waals surface area contributed by atoms with E-state index in [1.165, 1.54) is 0 Å². The van der Waals surface area contributed by atoms with E-state index in [0.29, 0.717) is 24.7 Å². The smallest absolute Gasteiger partial charge is 0.0907 e. The summed E-state index contributed by atoms with van der Waals surface area (Å²) in [6.45, 7) is 6.55. The molecule has 0 saturated carbocycles. The predicted octanol–water partition coefficient (Wildman–Crippen LogP) is 1.97. The lowest BCUT2D eigenvalue weighted by Gasteiger charge is -2.23. The van der Waals surface area contributed by atoms with E-state index in [-0.39, 0.29) is 0 Å². The number of nitrogens with zero attached hydrogens (tertiary/aromatic N) is 2. The van der Waals surface area contributed by atoms with Crippen molar-refractivity contribution in [1.82, 2.24) is 9.78 Å². The molecule has 17 heavy (non-hydrogen) atoms. The molecule has 1 rings (SSSR count). The molecule has 98 valence electrons. The first kappa shape index (κ1) is 14.5. The minimum atomic E-state index is -0.918. The summed E-state index contributed by atoms with van der Waals surface area (Å²) in [4.78, 5) is 0. The van der Waals surface area contributed by atoms with Gasteiger partial charge in [0.1, 0.15) is 0 Å². The van der Waals surface area contributed by atoms with Crippen LogP contribution in [0.4, 0.5) is 0 Å². The molecule has 1 aromatic heterocycles. The fraction of sp³-hybridized carbons (Fsp3) is 0.750. The van der Waals surface area contributed by atoms with Crippen LogP contribution in [0.5, 0.6) is 0 Å². The molecule has 1 atom stereocenters. The van der Waals surface area contributed by atoms with Gasteiger partial charge in [0.05, 0.1) is 28.6 Å². The van der Waals surface area contributed by atoms with Gasteiger partial charge in [-0.15, -0.1) is 0 Å². The summed E-state index contributed by atoms with van der Waals surface area (Å²) in [7, 11) is 1.84. The number of hydrogen-bond acceptors (Lipinski definition) is 3. The number of rotatable bonds is 6. The maximum absolute atomic E-state index is 10.2. The Bertz CT molecular complexity index is 375. The van der Waals surface area contributed by atoms with Crippen molar-refractivity contribution < 1.29 is 9.84 Å². The van der Waals surface area contributed by atoms with Crippen molar-refractivity contribution in [3.05, 3.63) is 16.4 Å². The molecule has 0 bridgehead atoms. The minimum absolute atomic E-state index is 0.298. The fourth-order valence-corrected chi connectivity index (χ4v) is 2.11. The van der Waals surface area contributed by atoms with E-state index in [9.17, 15) is 5.11 Å². The summed E-state index contributed by atoms with van der Waals surface area (Å²) >= 11 is 6.23. The van der Waals surface area contributed by atoms with Crippen LogP contribution in [0, 0.1) is 0 Å². The number of halogens is 1. The number of aromatic nitrogens is 2. The molecule has 0 aliphatic rings. The van der Waals surface area contributed by atoms with Crippen molar-refractivity contribution in [3.8, 4) is 0 Å². The quantitative estimate of drug-likeness (QED) is 0.851. The first-order valence-electron chi connectivity index (χ1n) is 5.91. The van der Waals surface area contributed by atoms with Gasteiger partial charge in [-0.2, -0.15) is 5.10 Å². The summed E-state index contributed by atoms with van der Waals surface area (Å²) in [5.41, 5.74) is 0.808. The first-order valence-corrected chi connectivity index (χ1v) is 6.29. The van der Waals surface area contributed by atoms with E-state index in [2.05, 4.69) is 5.10 Å². The van der Waals surface area contributed by atoms with Gasteiger partial charge in [0.15, 0.2) is 0 Å². The second-order valence-corrected chi connectivity index (χ2v) is 4.87. The summed E-state index contributed by atoms with van der Waals surface area (Å²) in [5.74, 6) is 0. The fourth-order valence-electron chi connectivity index (χ4n) is 1.75. The first-order chi connectivity index (χ1) is 7.91. The summed E-state index contributed by atoms with van der Waals surface area (Å²) < 4.78 is 7.00. The lowest BCUT2D eigenvalue weighted by molar-refractivity contribution is -0.0307. The van der Waals surface area contributed by atoms with Gasteiger partial charge in [-0.05, 0) is 20.3 Å². The Morgan fingerprint density at radius 2 is 2.12 bits per heavy atom. The van der Waals surface area contributed by atoms with Crippen LogP contribution in [0.2, 0.25) is 5.02 Å². The molecule has 0 amide bonds. The summed E-state index contributed by atoms with van der Waals surface area (Å²) in [6.07, 6.45) is 1.23. The third kappa shape index (κ3) is 3.69.